The maximum absolute atomic E-state index is 8.61. The summed E-state index contributed by atoms with van der Waals surface area (Å²) in [5, 5.41) is 8.61. The van der Waals surface area contributed by atoms with Crippen LogP contribution in [0.4, 0.5) is 0 Å². The van der Waals surface area contributed by atoms with Crippen LogP contribution in [0.2, 0.25) is 0 Å². The van der Waals surface area contributed by atoms with Crippen LogP contribution >= 0.6 is 0 Å². The summed E-state index contributed by atoms with van der Waals surface area (Å²) in [5.41, 5.74) is 6.70. The summed E-state index contributed by atoms with van der Waals surface area (Å²) in [6.07, 6.45) is 3.12. The Kier molecular flexibility index (Phi) is 3.70. The number of hydrogen-bond acceptors (Lipinski definition) is 3. The average Bonchev–Trinajstić information content (AvgIpc) is 2.06. The Labute approximate surface area is 72.2 Å². The van der Waals surface area contributed by atoms with Crippen molar-refractivity contribution in [1.29, 1.82) is 0 Å². The second-order valence-corrected chi connectivity index (χ2v) is 2.80. The van der Waals surface area contributed by atoms with Gasteiger partial charge in [-0.25, -0.2) is 0 Å². The summed E-state index contributed by atoms with van der Waals surface area (Å²) >= 11 is 0. The van der Waals surface area contributed by atoms with Crippen molar-refractivity contribution in [3.63, 3.8) is 0 Å². The monoisotopic (exact) mass is 166 g/mol. The molecule has 3 N–H and O–H groups in total. The molecule has 1 heterocycles. The van der Waals surface area contributed by atoms with E-state index in [0.29, 0.717) is 6.42 Å². The maximum Gasteiger partial charge on any atom is 0.0445 e. The predicted molar refractivity (Wildman–Crippen MR) is 47.6 cm³/mol. The number of hydrogen-bond donors (Lipinski definition) is 2. The number of aliphatic hydroxyl groups is 1. The third-order valence-corrected chi connectivity index (χ3v) is 1.70. The first-order valence-corrected chi connectivity index (χ1v) is 4.09. The minimum absolute atomic E-state index is 0.0184. The normalized spacial score (nSPS) is 12.8. The fourth-order valence-corrected chi connectivity index (χ4v) is 1.06. The van der Waals surface area contributed by atoms with Gasteiger partial charge in [0.25, 0.3) is 0 Å². The number of aliphatic hydroxyl groups excluding tert-OH is 1. The molecule has 3 nitrogen and oxygen atoms in total. The van der Waals surface area contributed by atoms with Crippen LogP contribution in [-0.4, -0.2) is 22.7 Å². The SMILES string of the molecule is NC(CCO)Cc1ccccn1. The molecule has 1 atom stereocenters. The number of aromatic nitrogens is 1. The lowest BCUT2D eigenvalue weighted by molar-refractivity contribution is 0.275. The molecule has 0 bridgehead atoms. The minimum Gasteiger partial charge on any atom is -0.396 e. The Balaban J connectivity index is 2.41. The first-order chi connectivity index (χ1) is 5.83. The van der Waals surface area contributed by atoms with E-state index in [-0.39, 0.29) is 12.6 Å². The standard InChI is InChI=1S/C9H14N2O/c10-8(4-6-12)7-9-3-1-2-5-11-9/h1-3,5,8,12H,4,6-7,10H2. The molecule has 0 saturated heterocycles. The zero-order chi connectivity index (χ0) is 8.81. The molecule has 1 aromatic heterocycles. The highest BCUT2D eigenvalue weighted by Gasteiger charge is 2.02. The van der Waals surface area contributed by atoms with Crippen molar-refractivity contribution in [3.8, 4) is 0 Å². The van der Waals surface area contributed by atoms with E-state index in [2.05, 4.69) is 4.98 Å². The van der Waals surface area contributed by atoms with Crippen molar-refractivity contribution in [2.75, 3.05) is 6.61 Å². The third-order valence-electron chi connectivity index (χ3n) is 1.70. The number of nitrogens with zero attached hydrogens (tertiary/aromatic N) is 1. The van der Waals surface area contributed by atoms with E-state index in [1.54, 1.807) is 6.20 Å². The van der Waals surface area contributed by atoms with Gasteiger partial charge in [-0.2, -0.15) is 0 Å². The summed E-state index contributed by atoms with van der Waals surface area (Å²) in [7, 11) is 0. The Bertz CT molecular complexity index is 213. The molecular formula is C9H14N2O. The van der Waals surface area contributed by atoms with Gasteiger partial charge in [0.05, 0.1) is 0 Å². The molecule has 0 aliphatic carbocycles. The van der Waals surface area contributed by atoms with Crippen molar-refractivity contribution in [1.82, 2.24) is 4.98 Å². The molecule has 1 aromatic rings. The van der Waals surface area contributed by atoms with Gasteiger partial charge in [-0.3, -0.25) is 4.98 Å². The lowest BCUT2D eigenvalue weighted by atomic mass is 10.1. The molecule has 0 aromatic carbocycles. The molecule has 66 valence electrons. The molecule has 3 heteroatoms. The fourth-order valence-electron chi connectivity index (χ4n) is 1.06. The van der Waals surface area contributed by atoms with Gasteiger partial charge in [-0.05, 0) is 18.6 Å². The zero-order valence-electron chi connectivity index (χ0n) is 6.98. The zero-order valence-corrected chi connectivity index (χ0v) is 6.98. The number of nitrogens with two attached hydrogens (primary N) is 1. The highest BCUT2D eigenvalue weighted by molar-refractivity contribution is 5.04. The van der Waals surface area contributed by atoms with Gasteiger partial charge in [0.2, 0.25) is 0 Å². The Morgan fingerprint density at radius 1 is 1.50 bits per heavy atom. The van der Waals surface area contributed by atoms with Gasteiger partial charge in [0.15, 0.2) is 0 Å². The molecule has 0 fully saturated rings. The Morgan fingerprint density at radius 2 is 2.33 bits per heavy atom. The van der Waals surface area contributed by atoms with E-state index in [0.717, 1.165) is 12.1 Å². The topological polar surface area (TPSA) is 59.1 Å². The van der Waals surface area contributed by atoms with Crippen LogP contribution in [0.3, 0.4) is 0 Å². The van der Waals surface area contributed by atoms with E-state index >= 15 is 0 Å². The fraction of sp³-hybridized carbons (Fsp3) is 0.444. The first kappa shape index (κ1) is 9.16. The van der Waals surface area contributed by atoms with Crippen LogP contribution in [0.25, 0.3) is 0 Å². The average molecular weight is 166 g/mol. The van der Waals surface area contributed by atoms with Gasteiger partial charge >= 0.3 is 0 Å². The van der Waals surface area contributed by atoms with Crippen molar-refractivity contribution >= 4 is 0 Å². The molecule has 0 radical (unpaired) electrons. The van der Waals surface area contributed by atoms with Crippen LogP contribution in [-0.2, 0) is 6.42 Å². The Morgan fingerprint density at radius 3 is 2.92 bits per heavy atom. The first-order valence-electron chi connectivity index (χ1n) is 4.09. The molecule has 0 spiro atoms. The lowest BCUT2D eigenvalue weighted by Gasteiger charge is -2.07. The van der Waals surface area contributed by atoms with Crippen LogP contribution in [0.1, 0.15) is 12.1 Å². The summed E-state index contributed by atoms with van der Waals surface area (Å²) in [6, 6.07) is 5.77. The smallest absolute Gasteiger partial charge is 0.0445 e. The molecule has 1 rings (SSSR count). The van der Waals surface area contributed by atoms with Gasteiger partial charge in [-0.1, -0.05) is 6.07 Å². The van der Waals surface area contributed by atoms with Crippen LogP contribution in [0, 0.1) is 0 Å². The third kappa shape index (κ3) is 2.98. The van der Waals surface area contributed by atoms with Gasteiger partial charge in [0.1, 0.15) is 0 Å². The van der Waals surface area contributed by atoms with Gasteiger partial charge in [0, 0.05) is 31.0 Å². The van der Waals surface area contributed by atoms with E-state index in [1.807, 2.05) is 18.2 Å². The molecule has 0 saturated carbocycles. The van der Waals surface area contributed by atoms with Crippen LogP contribution in [0.5, 0.6) is 0 Å². The molecule has 0 amide bonds. The van der Waals surface area contributed by atoms with E-state index in [4.69, 9.17) is 10.8 Å². The van der Waals surface area contributed by atoms with Crippen molar-refractivity contribution in [2.24, 2.45) is 5.73 Å². The quantitative estimate of drug-likeness (QED) is 0.677. The number of rotatable bonds is 4. The van der Waals surface area contributed by atoms with Crippen molar-refractivity contribution < 1.29 is 5.11 Å². The molecule has 1 unspecified atom stereocenters. The molecular weight excluding hydrogens is 152 g/mol. The second-order valence-electron chi connectivity index (χ2n) is 2.80. The van der Waals surface area contributed by atoms with E-state index < -0.39 is 0 Å². The molecule has 12 heavy (non-hydrogen) atoms. The van der Waals surface area contributed by atoms with E-state index in [1.165, 1.54) is 0 Å². The summed E-state index contributed by atoms with van der Waals surface area (Å²) < 4.78 is 0. The lowest BCUT2D eigenvalue weighted by Crippen LogP contribution is -2.24. The van der Waals surface area contributed by atoms with Gasteiger partial charge in [-0.15, -0.1) is 0 Å². The minimum atomic E-state index is 0.0184. The van der Waals surface area contributed by atoms with Crippen LogP contribution in [0.15, 0.2) is 24.4 Å². The van der Waals surface area contributed by atoms with Crippen LogP contribution < -0.4 is 5.73 Å². The molecule has 0 aliphatic rings. The predicted octanol–water partition coefficient (Wildman–Crippen LogP) is 0.334. The second kappa shape index (κ2) is 4.85. The highest BCUT2D eigenvalue weighted by atomic mass is 16.3. The molecule has 0 aliphatic heterocycles. The summed E-state index contributed by atoms with van der Waals surface area (Å²) in [4.78, 5) is 4.14. The Hall–Kier alpha value is -0.930. The summed E-state index contributed by atoms with van der Waals surface area (Å²) in [6.45, 7) is 0.147. The highest BCUT2D eigenvalue weighted by Crippen LogP contribution is 1.99. The van der Waals surface area contributed by atoms with Crippen molar-refractivity contribution in [3.05, 3.63) is 30.1 Å². The number of pyridine rings is 1. The summed E-state index contributed by atoms with van der Waals surface area (Å²) in [5.74, 6) is 0. The van der Waals surface area contributed by atoms with E-state index in [9.17, 15) is 0 Å². The maximum atomic E-state index is 8.61. The van der Waals surface area contributed by atoms with Gasteiger partial charge < -0.3 is 10.8 Å². The van der Waals surface area contributed by atoms with Crippen molar-refractivity contribution in [2.45, 2.75) is 18.9 Å². The largest absolute Gasteiger partial charge is 0.396 e.